The molecule has 0 atom stereocenters. The smallest absolute Gasteiger partial charge is 0.319 e. The first kappa shape index (κ1) is 18.3. The summed E-state index contributed by atoms with van der Waals surface area (Å²) in [6, 6.07) is 4.15. The van der Waals surface area contributed by atoms with E-state index in [0.29, 0.717) is 16.1 Å². The molecule has 1 N–H and O–H groups in total. The van der Waals surface area contributed by atoms with E-state index in [4.69, 9.17) is 4.42 Å². The summed E-state index contributed by atoms with van der Waals surface area (Å²) in [6.07, 6.45) is 1.01. The Bertz CT molecular complexity index is 1260. The predicted octanol–water partition coefficient (Wildman–Crippen LogP) is 2.70. The van der Waals surface area contributed by atoms with Gasteiger partial charge in [-0.2, -0.15) is 14.6 Å². The Morgan fingerprint density at radius 3 is 2.86 bits per heavy atom. The van der Waals surface area contributed by atoms with Gasteiger partial charge in [-0.1, -0.05) is 13.8 Å². The van der Waals surface area contributed by atoms with E-state index in [-0.39, 0.29) is 29.5 Å². The standard InChI is InChI=1S/C17H14BrFN6O3/c1-8(2)16-22-15-14(28-16)17(27)25-13(5-10(18)23-25)24(15)7-12(26)21-11-4-3-9(19)6-20-11/h3-6,8H,7H2,1-2H3,(H,20,21,26). The van der Waals surface area contributed by atoms with Crippen LogP contribution < -0.4 is 10.9 Å². The van der Waals surface area contributed by atoms with Gasteiger partial charge in [0.15, 0.2) is 11.5 Å². The third kappa shape index (κ3) is 3.17. The molecule has 4 heterocycles. The lowest BCUT2D eigenvalue weighted by Crippen LogP contribution is -2.24. The number of amides is 1. The molecule has 0 radical (unpaired) electrons. The lowest BCUT2D eigenvalue weighted by Gasteiger charge is -2.09. The van der Waals surface area contributed by atoms with E-state index in [1.807, 2.05) is 13.8 Å². The van der Waals surface area contributed by atoms with Crippen molar-refractivity contribution in [2.24, 2.45) is 0 Å². The lowest BCUT2D eigenvalue weighted by molar-refractivity contribution is -0.116. The molecule has 0 bridgehead atoms. The van der Waals surface area contributed by atoms with Crippen LogP contribution in [-0.4, -0.2) is 30.1 Å². The molecule has 28 heavy (non-hydrogen) atoms. The minimum Gasteiger partial charge on any atom is -0.433 e. The molecule has 144 valence electrons. The zero-order chi connectivity index (χ0) is 20.0. The van der Waals surface area contributed by atoms with Crippen molar-refractivity contribution >= 4 is 44.5 Å². The maximum absolute atomic E-state index is 13.0. The number of fused-ring (bicyclic) bond motifs is 2. The number of hydrogen-bond donors (Lipinski definition) is 1. The zero-order valence-corrected chi connectivity index (χ0v) is 16.4. The first-order valence-corrected chi connectivity index (χ1v) is 9.12. The number of carbonyl (C=O) groups is 1. The van der Waals surface area contributed by atoms with Gasteiger partial charge in [0.1, 0.15) is 28.4 Å². The van der Waals surface area contributed by atoms with Gasteiger partial charge in [-0.15, -0.1) is 0 Å². The maximum atomic E-state index is 13.0. The third-order valence-corrected chi connectivity index (χ3v) is 4.38. The van der Waals surface area contributed by atoms with Crippen LogP contribution in [0.25, 0.3) is 16.9 Å². The molecule has 11 heteroatoms. The Hall–Kier alpha value is -3.08. The Labute approximate surface area is 165 Å². The van der Waals surface area contributed by atoms with E-state index in [1.165, 1.54) is 16.7 Å². The number of rotatable bonds is 4. The number of nitrogens with one attached hydrogen (secondary N) is 1. The second-order valence-electron chi connectivity index (χ2n) is 6.40. The Kier molecular flexibility index (Phi) is 4.46. The van der Waals surface area contributed by atoms with Crippen molar-refractivity contribution in [2.75, 3.05) is 5.32 Å². The molecule has 0 fully saturated rings. The summed E-state index contributed by atoms with van der Waals surface area (Å²) in [4.78, 5) is 33.4. The van der Waals surface area contributed by atoms with E-state index in [2.05, 4.69) is 36.3 Å². The fraction of sp³-hybridized carbons (Fsp3) is 0.235. The predicted molar refractivity (Wildman–Crippen MR) is 102 cm³/mol. The molecule has 0 aliphatic rings. The monoisotopic (exact) mass is 448 g/mol. The number of oxazole rings is 1. The molecule has 0 aliphatic carbocycles. The van der Waals surface area contributed by atoms with Crippen LogP contribution in [0.3, 0.4) is 0 Å². The summed E-state index contributed by atoms with van der Waals surface area (Å²) in [5.41, 5.74) is 0.164. The summed E-state index contributed by atoms with van der Waals surface area (Å²) >= 11 is 3.24. The van der Waals surface area contributed by atoms with Crippen LogP contribution in [0.2, 0.25) is 0 Å². The van der Waals surface area contributed by atoms with Gasteiger partial charge in [0.25, 0.3) is 0 Å². The molecule has 4 rings (SSSR count). The van der Waals surface area contributed by atoms with E-state index < -0.39 is 17.3 Å². The molecular formula is C17H14BrFN6O3. The second-order valence-corrected chi connectivity index (χ2v) is 7.21. The zero-order valence-electron chi connectivity index (χ0n) is 14.8. The summed E-state index contributed by atoms with van der Waals surface area (Å²) < 4.78 is 21.7. The molecule has 4 aromatic rings. The summed E-state index contributed by atoms with van der Waals surface area (Å²) in [5, 5.41) is 6.69. The number of pyridine rings is 1. The molecular weight excluding hydrogens is 435 g/mol. The van der Waals surface area contributed by atoms with Gasteiger partial charge in [0.05, 0.1) is 6.20 Å². The van der Waals surface area contributed by atoms with Crippen LogP contribution in [-0.2, 0) is 11.3 Å². The highest BCUT2D eigenvalue weighted by Crippen LogP contribution is 2.22. The normalized spacial score (nSPS) is 11.6. The highest BCUT2D eigenvalue weighted by atomic mass is 79.9. The van der Waals surface area contributed by atoms with Crippen LogP contribution >= 0.6 is 15.9 Å². The second kappa shape index (κ2) is 6.82. The molecule has 0 saturated heterocycles. The van der Waals surface area contributed by atoms with Gasteiger partial charge in [-0.3, -0.25) is 14.2 Å². The minimum atomic E-state index is -0.505. The quantitative estimate of drug-likeness (QED) is 0.514. The van der Waals surface area contributed by atoms with Crippen LogP contribution in [0.5, 0.6) is 0 Å². The number of halogens is 2. The molecule has 1 amide bonds. The number of nitrogens with zero attached hydrogens (tertiary/aromatic N) is 5. The summed E-state index contributed by atoms with van der Waals surface area (Å²) in [7, 11) is 0. The van der Waals surface area contributed by atoms with Gasteiger partial charge in [0, 0.05) is 12.0 Å². The minimum absolute atomic E-state index is 0.0134. The summed E-state index contributed by atoms with van der Waals surface area (Å²) in [5.74, 6) is -0.394. The van der Waals surface area contributed by atoms with Crippen molar-refractivity contribution in [3.8, 4) is 0 Å². The van der Waals surface area contributed by atoms with Crippen molar-refractivity contribution in [1.29, 1.82) is 0 Å². The first-order valence-electron chi connectivity index (χ1n) is 8.33. The average Bonchev–Trinajstić information content (AvgIpc) is 3.25. The number of carbonyl (C=O) groups excluding carboxylic acids is 1. The van der Waals surface area contributed by atoms with E-state index in [0.717, 1.165) is 10.7 Å². The Morgan fingerprint density at radius 2 is 2.18 bits per heavy atom. The number of hydrogen-bond acceptors (Lipinski definition) is 6. The van der Waals surface area contributed by atoms with Gasteiger partial charge in [-0.05, 0) is 28.1 Å². The largest absolute Gasteiger partial charge is 0.433 e. The van der Waals surface area contributed by atoms with E-state index in [1.54, 1.807) is 6.07 Å². The van der Waals surface area contributed by atoms with Crippen molar-refractivity contribution in [2.45, 2.75) is 26.3 Å². The van der Waals surface area contributed by atoms with Crippen LogP contribution in [0.15, 0.2) is 38.2 Å². The van der Waals surface area contributed by atoms with Gasteiger partial charge >= 0.3 is 5.56 Å². The van der Waals surface area contributed by atoms with Gasteiger partial charge in [-0.25, -0.2) is 9.37 Å². The lowest BCUT2D eigenvalue weighted by atomic mass is 10.2. The van der Waals surface area contributed by atoms with Gasteiger partial charge in [0.2, 0.25) is 11.5 Å². The fourth-order valence-corrected chi connectivity index (χ4v) is 3.08. The summed E-state index contributed by atoms with van der Waals surface area (Å²) in [6.45, 7) is 3.59. The average molecular weight is 449 g/mol. The SMILES string of the molecule is CC(C)c1nc2c(o1)c(=O)n1nc(Br)cc1n2CC(=O)Nc1ccc(F)cn1. The topological polar surface area (TPSA) is 107 Å². The van der Waals surface area contributed by atoms with Crippen molar-refractivity contribution in [3.05, 3.63) is 51.1 Å². The van der Waals surface area contributed by atoms with Crippen molar-refractivity contribution < 1.29 is 13.6 Å². The van der Waals surface area contributed by atoms with E-state index >= 15 is 0 Å². The fourth-order valence-electron chi connectivity index (χ4n) is 2.72. The molecule has 0 saturated carbocycles. The number of aromatic nitrogens is 5. The molecule has 9 nitrogen and oxygen atoms in total. The Morgan fingerprint density at radius 1 is 1.39 bits per heavy atom. The number of anilines is 1. The Balaban J connectivity index is 1.81. The van der Waals surface area contributed by atoms with Crippen LogP contribution in [0.1, 0.15) is 25.7 Å². The van der Waals surface area contributed by atoms with Crippen LogP contribution in [0, 0.1) is 5.82 Å². The van der Waals surface area contributed by atoms with Gasteiger partial charge < -0.3 is 9.73 Å². The van der Waals surface area contributed by atoms with Crippen LogP contribution in [0.4, 0.5) is 10.2 Å². The molecule has 0 spiro atoms. The van der Waals surface area contributed by atoms with E-state index in [9.17, 15) is 14.0 Å². The highest BCUT2D eigenvalue weighted by molar-refractivity contribution is 9.10. The molecule has 4 aromatic heterocycles. The van der Waals surface area contributed by atoms with Crippen molar-refractivity contribution in [3.63, 3.8) is 0 Å². The highest BCUT2D eigenvalue weighted by Gasteiger charge is 2.21. The molecule has 0 unspecified atom stereocenters. The third-order valence-electron chi connectivity index (χ3n) is 4.00. The molecule has 0 aliphatic heterocycles. The van der Waals surface area contributed by atoms with Crippen molar-refractivity contribution in [1.82, 2.24) is 24.1 Å². The maximum Gasteiger partial charge on any atom is 0.319 e. The molecule has 0 aromatic carbocycles. The first-order chi connectivity index (χ1) is 13.3.